The number of carboxylic acids is 1. The number of aromatic nitrogens is 2. The standard InChI is InChI=1S/C14H15FN2O2/c1-3-11-13(14(18)19)12(4-2)17(16-11)10-7-5-9(15)6-8-10/h5-8H,3-4H2,1-2H3,(H,18,19). The van der Waals surface area contributed by atoms with E-state index in [-0.39, 0.29) is 11.4 Å². The Hall–Kier alpha value is -2.17. The summed E-state index contributed by atoms with van der Waals surface area (Å²) in [5.74, 6) is -1.30. The minimum Gasteiger partial charge on any atom is -0.478 e. The van der Waals surface area contributed by atoms with Crippen molar-refractivity contribution in [2.75, 3.05) is 0 Å². The van der Waals surface area contributed by atoms with Crippen LogP contribution in [-0.4, -0.2) is 20.9 Å². The van der Waals surface area contributed by atoms with E-state index in [0.29, 0.717) is 29.9 Å². The molecule has 0 spiro atoms. The van der Waals surface area contributed by atoms with Gasteiger partial charge in [0.15, 0.2) is 0 Å². The van der Waals surface area contributed by atoms with Crippen molar-refractivity contribution in [1.82, 2.24) is 9.78 Å². The minimum atomic E-state index is -0.970. The molecular weight excluding hydrogens is 247 g/mol. The Kier molecular flexibility index (Phi) is 3.64. The molecule has 1 aromatic heterocycles. The fraction of sp³-hybridized carbons (Fsp3) is 0.286. The van der Waals surface area contributed by atoms with Gasteiger partial charge in [0.25, 0.3) is 0 Å². The summed E-state index contributed by atoms with van der Waals surface area (Å²) in [5.41, 5.74) is 2.11. The number of hydrogen-bond acceptors (Lipinski definition) is 2. The van der Waals surface area contributed by atoms with Gasteiger partial charge in [0, 0.05) is 0 Å². The van der Waals surface area contributed by atoms with E-state index >= 15 is 0 Å². The number of carbonyl (C=O) groups is 1. The third kappa shape index (κ3) is 2.36. The lowest BCUT2D eigenvalue weighted by molar-refractivity contribution is 0.0694. The number of nitrogens with zero attached hydrogens (tertiary/aromatic N) is 2. The van der Waals surface area contributed by atoms with Gasteiger partial charge in [-0.3, -0.25) is 0 Å². The van der Waals surface area contributed by atoms with E-state index in [1.807, 2.05) is 13.8 Å². The van der Waals surface area contributed by atoms with Gasteiger partial charge in [0.05, 0.1) is 17.1 Å². The molecule has 0 fully saturated rings. The molecule has 0 unspecified atom stereocenters. The largest absolute Gasteiger partial charge is 0.478 e. The van der Waals surface area contributed by atoms with Gasteiger partial charge in [0.1, 0.15) is 11.4 Å². The first-order valence-electron chi connectivity index (χ1n) is 6.18. The van der Waals surface area contributed by atoms with E-state index in [4.69, 9.17) is 0 Å². The van der Waals surface area contributed by atoms with Crippen LogP contribution in [0.2, 0.25) is 0 Å². The summed E-state index contributed by atoms with van der Waals surface area (Å²) in [7, 11) is 0. The van der Waals surface area contributed by atoms with Crippen LogP contribution in [0.1, 0.15) is 35.6 Å². The number of rotatable bonds is 4. The second-order valence-corrected chi connectivity index (χ2v) is 4.17. The molecule has 2 aromatic rings. The lowest BCUT2D eigenvalue weighted by Crippen LogP contribution is -2.06. The maximum Gasteiger partial charge on any atom is 0.339 e. The van der Waals surface area contributed by atoms with Crippen molar-refractivity contribution in [3.05, 3.63) is 47.0 Å². The molecule has 100 valence electrons. The fourth-order valence-electron chi connectivity index (χ4n) is 2.12. The highest BCUT2D eigenvalue weighted by molar-refractivity contribution is 5.90. The lowest BCUT2D eigenvalue weighted by atomic mass is 10.1. The average molecular weight is 262 g/mol. The van der Waals surface area contributed by atoms with E-state index < -0.39 is 5.97 Å². The summed E-state index contributed by atoms with van der Waals surface area (Å²) < 4.78 is 14.5. The average Bonchev–Trinajstić information content (AvgIpc) is 2.78. The highest BCUT2D eigenvalue weighted by Crippen LogP contribution is 2.20. The van der Waals surface area contributed by atoms with Crippen LogP contribution in [0, 0.1) is 5.82 Å². The van der Waals surface area contributed by atoms with E-state index in [1.165, 1.54) is 12.1 Å². The number of benzene rings is 1. The molecule has 5 heteroatoms. The smallest absolute Gasteiger partial charge is 0.339 e. The van der Waals surface area contributed by atoms with Gasteiger partial charge in [-0.1, -0.05) is 13.8 Å². The van der Waals surface area contributed by atoms with E-state index in [2.05, 4.69) is 5.10 Å². The Bertz CT molecular complexity index is 603. The molecule has 0 saturated carbocycles. The minimum absolute atomic E-state index is 0.259. The highest BCUT2D eigenvalue weighted by Gasteiger charge is 2.21. The normalized spacial score (nSPS) is 10.7. The number of halogens is 1. The van der Waals surface area contributed by atoms with Gasteiger partial charge >= 0.3 is 5.97 Å². The molecule has 0 aliphatic rings. The van der Waals surface area contributed by atoms with Crippen LogP contribution in [-0.2, 0) is 12.8 Å². The predicted octanol–water partition coefficient (Wildman–Crippen LogP) is 2.83. The fourth-order valence-corrected chi connectivity index (χ4v) is 2.12. The molecule has 0 aliphatic heterocycles. The van der Waals surface area contributed by atoms with E-state index in [9.17, 15) is 14.3 Å². The molecule has 1 heterocycles. The Balaban J connectivity index is 2.63. The topological polar surface area (TPSA) is 55.1 Å². The summed E-state index contributed by atoms with van der Waals surface area (Å²) in [5, 5.41) is 13.6. The molecule has 2 rings (SSSR count). The zero-order valence-electron chi connectivity index (χ0n) is 10.9. The van der Waals surface area contributed by atoms with Crippen molar-refractivity contribution in [2.45, 2.75) is 26.7 Å². The lowest BCUT2D eigenvalue weighted by Gasteiger charge is -2.06. The second-order valence-electron chi connectivity index (χ2n) is 4.17. The summed E-state index contributed by atoms with van der Waals surface area (Å²) in [4.78, 5) is 11.3. The van der Waals surface area contributed by atoms with Gasteiger partial charge in [-0.15, -0.1) is 0 Å². The Morgan fingerprint density at radius 3 is 2.37 bits per heavy atom. The Labute approximate surface area is 110 Å². The number of aromatic carboxylic acids is 1. The van der Waals surface area contributed by atoms with Crippen molar-refractivity contribution < 1.29 is 14.3 Å². The van der Waals surface area contributed by atoms with Crippen LogP contribution in [0.4, 0.5) is 4.39 Å². The predicted molar refractivity (Wildman–Crippen MR) is 69.2 cm³/mol. The second kappa shape index (κ2) is 5.22. The highest BCUT2D eigenvalue weighted by atomic mass is 19.1. The van der Waals surface area contributed by atoms with Crippen LogP contribution in [0.15, 0.2) is 24.3 Å². The zero-order valence-corrected chi connectivity index (χ0v) is 10.9. The van der Waals surface area contributed by atoms with Crippen LogP contribution >= 0.6 is 0 Å². The summed E-state index contributed by atoms with van der Waals surface area (Å²) in [6.45, 7) is 3.74. The number of carboxylic acid groups (broad SMARTS) is 1. The van der Waals surface area contributed by atoms with Crippen molar-refractivity contribution in [2.24, 2.45) is 0 Å². The Morgan fingerprint density at radius 2 is 1.89 bits per heavy atom. The van der Waals surface area contributed by atoms with Crippen molar-refractivity contribution in [3.63, 3.8) is 0 Å². The number of hydrogen-bond donors (Lipinski definition) is 1. The van der Waals surface area contributed by atoms with Crippen LogP contribution in [0.3, 0.4) is 0 Å². The van der Waals surface area contributed by atoms with Crippen LogP contribution < -0.4 is 0 Å². The summed E-state index contributed by atoms with van der Waals surface area (Å²) in [6, 6.07) is 5.85. The molecule has 0 atom stereocenters. The third-order valence-electron chi connectivity index (χ3n) is 3.01. The van der Waals surface area contributed by atoms with E-state index in [0.717, 1.165) is 0 Å². The van der Waals surface area contributed by atoms with E-state index in [1.54, 1.807) is 16.8 Å². The van der Waals surface area contributed by atoms with Gasteiger partial charge in [-0.05, 0) is 37.1 Å². The molecule has 19 heavy (non-hydrogen) atoms. The SMILES string of the molecule is CCc1nn(-c2ccc(F)cc2)c(CC)c1C(=O)O. The zero-order chi connectivity index (χ0) is 14.0. The molecule has 4 nitrogen and oxygen atoms in total. The van der Waals surface area contributed by atoms with Crippen LogP contribution in [0.25, 0.3) is 5.69 Å². The van der Waals surface area contributed by atoms with Gasteiger partial charge < -0.3 is 5.11 Å². The first-order chi connectivity index (χ1) is 9.08. The van der Waals surface area contributed by atoms with Gasteiger partial charge in [-0.2, -0.15) is 5.10 Å². The first kappa shape index (κ1) is 13.3. The summed E-state index contributed by atoms with van der Waals surface area (Å²) >= 11 is 0. The maximum absolute atomic E-state index is 12.9. The van der Waals surface area contributed by atoms with Gasteiger partial charge in [0.2, 0.25) is 0 Å². The molecule has 0 radical (unpaired) electrons. The molecule has 0 saturated heterocycles. The molecule has 0 aliphatic carbocycles. The number of aryl methyl sites for hydroxylation is 1. The molecule has 0 amide bonds. The molecule has 1 aromatic carbocycles. The molecule has 1 N–H and O–H groups in total. The quantitative estimate of drug-likeness (QED) is 0.921. The molecule has 0 bridgehead atoms. The first-order valence-corrected chi connectivity index (χ1v) is 6.18. The van der Waals surface area contributed by atoms with Crippen molar-refractivity contribution in [1.29, 1.82) is 0 Å². The third-order valence-corrected chi connectivity index (χ3v) is 3.01. The van der Waals surface area contributed by atoms with Gasteiger partial charge in [-0.25, -0.2) is 13.9 Å². The monoisotopic (exact) mass is 262 g/mol. The van der Waals surface area contributed by atoms with Crippen molar-refractivity contribution >= 4 is 5.97 Å². The maximum atomic E-state index is 12.9. The van der Waals surface area contributed by atoms with Crippen LogP contribution in [0.5, 0.6) is 0 Å². The summed E-state index contributed by atoms with van der Waals surface area (Å²) in [6.07, 6.45) is 1.09. The van der Waals surface area contributed by atoms with Crippen molar-refractivity contribution in [3.8, 4) is 5.69 Å². The molecular formula is C14H15FN2O2. The Morgan fingerprint density at radius 1 is 1.26 bits per heavy atom.